The minimum absolute atomic E-state index is 0.208. The molecule has 0 aliphatic carbocycles. The molecule has 3 heteroatoms. The number of hydrogen-bond acceptors (Lipinski definition) is 2. The van der Waals surface area contributed by atoms with Gasteiger partial charge in [0.1, 0.15) is 0 Å². The average molecular weight is 241 g/mol. The van der Waals surface area contributed by atoms with E-state index in [1.807, 2.05) is 32.9 Å². The predicted molar refractivity (Wildman–Crippen MR) is 72.4 cm³/mol. The van der Waals surface area contributed by atoms with Crippen LogP contribution in [0.2, 0.25) is 5.02 Å². The van der Waals surface area contributed by atoms with Gasteiger partial charge in [0.25, 0.3) is 0 Å². The minimum atomic E-state index is 0.208. The molecule has 0 fully saturated rings. The van der Waals surface area contributed by atoms with Crippen molar-refractivity contribution in [2.75, 3.05) is 18.0 Å². The van der Waals surface area contributed by atoms with Crippen LogP contribution in [0.25, 0.3) is 0 Å². The number of rotatable bonds is 2. The molecule has 2 N–H and O–H groups in total. The van der Waals surface area contributed by atoms with E-state index < -0.39 is 0 Å². The molecule has 1 atom stereocenters. The lowest BCUT2D eigenvalue weighted by Gasteiger charge is -2.21. The van der Waals surface area contributed by atoms with Gasteiger partial charge in [-0.1, -0.05) is 31.5 Å². The quantitative estimate of drug-likeness (QED) is 0.861. The molecule has 16 heavy (non-hydrogen) atoms. The van der Waals surface area contributed by atoms with Crippen LogP contribution in [0.1, 0.15) is 26.3 Å². The van der Waals surface area contributed by atoms with Gasteiger partial charge in [-0.25, -0.2) is 0 Å². The summed E-state index contributed by atoms with van der Waals surface area (Å²) in [7, 11) is 0. The summed E-state index contributed by atoms with van der Waals surface area (Å²) in [6.45, 7) is 8.01. The second-order valence-electron chi connectivity index (χ2n) is 3.95. The Morgan fingerprint density at radius 2 is 2.12 bits per heavy atom. The molecule has 90 valence electrons. The molecule has 1 aromatic carbocycles. The Hall–Kier alpha value is -0.730. The van der Waals surface area contributed by atoms with Gasteiger partial charge < -0.3 is 10.6 Å². The van der Waals surface area contributed by atoms with E-state index in [4.69, 9.17) is 17.3 Å². The van der Waals surface area contributed by atoms with Gasteiger partial charge in [0.05, 0.1) is 0 Å². The normalized spacial score (nSPS) is 15.2. The van der Waals surface area contributed by atoms with Crippen LogP contribution < -0.4 is 10.6 Å². The fourth-order valence-corrected chi connectivity index (χ4v) is 2.12. The van der Waals surface area contributed by atoms with Crippen molar-refractivity contribution in [3.05, 3.63) is 28.8 Å². The first-order valence-electron chi connectivity index (χ1n) is 5.96. The summed E-state index contributed by atoms with van der Waals surface area (Å²) in [6.07, 6.45) is 1.11. The molecule has 2 rings (SSSR count). The summed E-state index contributed by atoms with van der Waals surface area (Å²) in [6, 6.07) is 6.31. The van der Waals surface area contributed by atoms with E-state index in [1.165, 1.54) is 11.3 Å². The van der Waals surface area contributed by atoms with Crippen LogP contribution in [0.15, 0.2) is 18.2 Å². The van der Waals surface area contributed by atoms with Crippen molar-refractivity contribution < 1.29 is 0 Å². The molecule has 0 saturated carbocycles. The van der Waals surface area contributed by atoms with Crippen LogP contribution in [-0.2, 0) is 6.42 Å². The Morgan fingerprint density at radius 3 is 2.75 bits per heavy atom. The lowest BCUT2D eigenvalue weighted by Crippen LogP contribution is -2.34. The van der Waals surface area contributed by atoms with Gasteiger partial charge >= 0.3 is 0 Å². The van der Waals surface area contributed by atoms with E-state index in [-0.39, 0.29) is 6.04 Å². The van der Waals surface area contributed by atoms with Gasteiger partial charge in [0.2, 0.25) is 0 Å². The van der Waals surface area contributed by atoms with Crippen LogP contribution >= 0.6 is 11.6 Å². The summed E-state index contributed by atoms with van der Waals surface area (Å²) in [5.74, 6) is 0. The second kappa shape index (κ2) is 6.12. The topological polar surface area (TPSA) is 29.3 Å². The van der Waals surface area contributed by atoms with Crippen molar-refractivity contribution in [2.45, 2.75) is 33.2 Å². The van der Waals surface area contributed by atoms with Crippen LogP contribution in [0.3, 0.4) is 0 Å². The zero-order chi connectivity index (χ0) is 12.1. The third kappa shape index (κ3) is 3.13. The SMILES string of the molecule is CC.CC(N)CN1CCc2ccc(Cl)cc21. The van der Waals surface area contributed by atoms with Crippen molar-refractivity contribution >= 4 is 17.3 Å². The standard InChI is InChI=1S/C11H15ClN2.C2H6/c1-8(13)7-14-5-4-9-2-3-10(12)6-11(9)14;1-2/h2-3,6,8H,4-5,7,13H2,1H3;1-2H3. The average Bonchev–Trinajstić information content (AvgIpc) is 2.63. The number of nitrogens with zero attached hydrogens (tertiary/aromatic N) is 1. The summed E-state index contributed by atoms with van der Waals surface area (Å²) in [5, 5.41) is 0.806. The molecule has 1 aromatic rings. The molecule has 0 saturated heterocycles. The summed E-state index contributed by atoms with van der Waals surface area (Å²) < 4.78 is 0. The third-order valence-electron chi connectivity index (χ3n) is 2.55. The van der Waals surface area contributed by atoms with E-state index in [0.717, 1.165) is 24.5 Å². The molecule has 1 aliphatic rings. The Bertz CT molecular complexity index is 337. The van der Waals surface area contributed by atoms with Gasteiger partial charge in [-0.2, -0.15) is 0 Å². The van der Waals surface area contributed by atoms with Crippen LogP contribution in [-0.4, -0.2) is 19.1 Å². The maximum atomic E-state index is 5.97. The first kappa shape index (κ1) is 13.3. The van der Waals surface area contributed by atoms with Crippen molar-refractivity contribution in [2.24, 2.45) is 5.73 Å². The Balaban J connectivity index is 0.000000606. The fourth-order valence-electron chi connectivity index (χ4n) is 1.96. The first-order valence-corrected chi connectivity index (χ1v) is 6.33. The van der Waals surface area contributed by atoms with Gasteiger partial charge in [-0.05, 0) is 31.0 Å². The molecular weight excluding hydrogens is 220 g/mol. The highest BCUT2D eigenvalue weighted by Gasteiger charge is 2.19. The molecule has 1 unspecified atom stereocenters. The number of hydrogen-bond donors (Lipinski definition) is 1. The second-order valence-corrected chi connectivity index (χ2v) is 4.38. The molecule has 0 aromatic heterocycles. The van der Waals surface area contributed by atoms with Crippen LogP contribution in [0.5, 0.6) is 0 Å². The van der Waals surface area contributed by atoms with Crippen LogP contribution in [0.4, 0.5) is 5.69 Å². The molecule has 1 heterocycles. The Kier molecular flexibility index (Phi) is 5.10. The van der Waals surface area contributed by atoms with Gasteiger partial charge in [-0.15, -0.1) is 0 Å². The van der Waals surface area contributed by atoms with Crippen molar-refractivity contribution in [1.29, 1.82) is 0 Å². The summed E-state index contributed by atoms with van der Waals surface area (Å²) in [4.78, 5) is 2.31. The maximum absolute atomic E-state index is 5.97. The van der Waals surface area contributed by atoms with Crippen molar-refractivity contribution in [3.8, 4) is 0 Å². The molecule has 0 spiro atoms. The summed E-state index contributed by atoms with van der Waals surface area (Å²) >= 11 is 5.97. The maximum Gasteiger partial charge on any atom is 0.0426 e. The zero-order valence-electron chi connectivity index (χ0n) is 10.3. The molecule has 0 radical (unpaired) electrons. The van der Waals surface area contributed by atoms with E-state index in [2.05, 4.69) is 11.0 Å². The summed E-state index contributed by atoms with van der Waals surface area (Å²) in [5.41, 5.74) is 8.44. The first-order chi connectivity index (χ1) is 7.66. The lowest BCUT2D eigenvalue weighted by atomic mass is 10.2. The molecule has 1 aliphatic heterocycles. The number of halogens is 1. The lowest BCUT2D eigenvalue weighted by molar-refractivity contribution is 0.693. The monoisotopic (exact) mass is 240 g/mol. The number of nitrogens with two attached hydrogens (primary N) is 1. The number of anilines is 1. The molecule has 0 amide bonds. The Labute approximate surface area is 103 Å². The van der Waals surface area contributed by atoms with E-state index in [9.17, 15) is 0 Å². The highest BCUT2D eigenvalue weighted by atomic mass is 35.5. The molecular formula is C13H21ClN2. The number of fused-ring (bicyclic) bond motifs is 1. The van der Waals surface area contributed by atoms with Gasteiger partial charge in [0, 0.05) is 29.8 Å². The third-order valence-corrected chi connectivity index (χ3v) is 2.78. The van der Waals surface area contributed by atoms with Gasteiger partial charge in [-0.3, -0.25) is 0 Å². The fraction of sp³-hybridized carbons (Fsp3) is 0.538. The zero-order valence-corrected chi connectivity index (χ0v) is 11.1. The highest BCUT2D eigenvalue weighted by molar-refractivity contribution is 6.30. The predicted octanol–water partition coefficient (Wildman–Crippen LogP) is 3.08. The van der Waals surface area contributed by atoms with E-state index in [0.29, 0.717) is 0 Å². The number of benzene rings is 1. The smallest absolute Gasteiger partial charge is 0.0426 e. The van der Waals surface area contributed by atoms with E-state index >= 15 is 0 Å². The highest BCUT2D eigenvalue weighted by Crippen LogP contribution is 2.30. The van der Waals surface area contributed by atoms with Crippen molar-refractivity contribution in [1.82, 2.24) is 0 Å². The van der Waals surface area contributed by atoms with Crippen molar-refractivity contribution in [3.63, 3.8) is 0 Å². The molecule has 2 nitrogen and oxygen atoms in total. The largest absolute Gasteiger partial charge is 0.369 e. The van der Waals surface area contributed by atoms with Gasteiger partial charge in [0.15, 0.2) is 0 Å². The minimum Gasteiger partial charge on any atom is -0.369 e. The molecule has 0 bridgehead atoms. The Morgan fingerprint density at radius 1 is 1.44 bits per heavy atom. The van der Waals surface area contributed by atoms with Crippen LogP contribution in [0, 0.1) is 0 Å². The van der Waals surface area contributed by atoms with E-state index in [1.54, 1.807) is 0 Å².